The van der Waals surface area contributed by atoms with Crippen LogP contribution in [0, 0.1) is 5.92 Å². The number of ether oxygens (including phenoxy) is 2. The number of hydrogen-bond donors (Lipinski definition) is 1. The summed E-state index contributed by atoms with van der Waals surface area (Å²) >= 11 is 0. The van der Waals surface area contributed by atoms with Crippen LogP contribution in [0.15, 0.2) is 30.3 Å². The van der Waals surface area contributed by atoms with E-state index in [4.69, 9.17) is 9.47 Å². The zero-order valence-corrected chi connectivity index (χ0v) is 22.0. The highest BCUT2D eigenvalue weighted by atomic mass is 16.5. The summed E-state index contributed by atoms with van der Waals surface area (Å²) in [6.45, 7) is 9.77. The quantitative estimate of drug-likeness (QED) is 0.538. The van der Waals surface area contributed by atoms with Gasteiger partial charge in [0.25, 0.3) is 0 Å². The van der Waals surface area contributed by atoms with Gasteiger partial charge in [-0.25, -0.2) is 4.79 Å². The minimum atomic E-state index is -0.179. The Labute approximate surface area is 213 Å². The molecule has 3 amide bonds. The molecule has 2 heterocycles. The topological polar surface area (TPSA) is 100 Å². The van der Waals surface area contributed by atoms with Gasteiger partial charge in [-0.15, -0.1) is 10.2 Å². The van der Waals surface area contributed by atoms with Crippen molar-refractivity contribution in [1.82, 2.24) is 25.3 Å². The van der Waals surface area contributed by atoms with E-state index in [0.717, 1.165) is 17.8 Å². The molecule has 0 aliphatic carbocycles. The molecule has 3 rings (SSSR count). The summed E-state index contributed by atoms with van der Waals surface area (Å²) in [4.78, 5) is 31.0. The Morgan fingerprint density at radius 3 is 2.39 bits per heavy atom. The Bertz CT molecular complexity index is 1010. The van der Waals surface area contributed by atoms with Crippen LogP contribution >= 0.6 is 0 Å². The van der Waals surface area contributed by atoms with E-state index < -0.39 is 0 Å². The Kier molecular flexibility index (Phi) is 9.72. The smallest absolute Gasteiger partial charge is 0.317 e. The molecule has 0 unspecified atom stereocenters. The third kappa shape index (κ3) is 6.99. The van der Waals surface area contributed by atoms with Crippen molar-refractivity contribution >= 4 is 17.8 Å². The van der Waals surface area contributed by atoms with Gasteiger partial charge in [-0.3, -0.25) is 4.79 Å². The second kappa shape index (κ2) is 12.9. The van der Waals surface area contributed by atoms with Crippen molar-refractivity contribution in [2.24, 2.45) is 5.92 Å². The lowest BCUT2D eigenvalue weighted by atomic mass is 10.1. The SMILES string of the molecule is CCCNC(=O)N(CC(=O)N1CCN(c2ccc(-c3ccc(OC)cc3OC)nn2)CC1)CC(C)C. The molecular formula is C26H38N6O4. The number of nitrogens with one attached hydrogen (secondary N) is 1. The molecule has 10 nitrogen and oxygen atoms in total. The average Bonchev–Trinajstić information content (AvgIpc) is 2.90. The van der Waals surface area contributed by atoms with Crippen LogP contribution < -0.4 is 19.7 Å². The number of anilines is 1. The third-order valence-corrected chi connectivity index (χ3v) is 6.02. The zero-order valence-electron chi connectivity index (χ0n) is 22.0. The molecule has 0 bridgehead atoms. The molecule has 1 N–H and O–H groups in total. The number of carbonyl (C=O) groups is 2. The van der Waals surface area contributed by atoms with Crippen molar-refractivity contribution in [3.63, 3.8) is 0 Å². The van der Waals surface area contributed by atoms with Crippen molar-refractivity contribution in [2.45, 2.75) is 27.2 Å². The number of methoxy groups -OCH3 is 2. The summed E-state index contributed by atoms with van der Waals surface area (Å²) in [7, 11) is 3.23. The Balaban J connectivity index is 1.58. The molecular weight excluding hydrogens is 460 g/mol. The molecule has 1 aromatic heterocycles. The van der Waals surface area contributed by atoms with Crippen molar-refractivity contribution in [3.8, 4) is 22.8 Å². The molecule has 1 saturated heterocycles. The number of nitrogens with zero attached hydrogens (tertiary/aromatic N) is 5. The van der Waals surface area contributed by atoms with E-state index in [0.29, 0.717) is 56.5 Å². The van der Waals surface area contributed by atoms with Gasteiger partial charge in [-0.1, -0.05) is 20.8 Å². The Morgan fingerprint density at radius 2 is 1.81 bits per heavy atom. The summed E-state index contributed by atoms with van der Waals surface area (Å²) in [5.74, 6) is 2.38. The molecule has 36 heavy (non-hydrogen) atoms. The van der Waals surface area contributed by atoms with Crippen LogP contribution in [0.1, 0.15) is 27.2 Å². The van der Waals surface area contributed by atoms with Gasteiger partial charge < -0.3 is 29.5 Å². The van der Waals surface area contributed by atoms with Crippen LogP contribution in [0.25, 0.3) is 11.3 Å². The van der Waals surface area contributed by atoms with E-state index in [2.05, 4.69) is 20.4 Å². The molecule has 196 valence electrons. The molecule has 1 aliphatic heterocycles. The fraction of sp³-hybridized carbons (Fsp3) is 0.538. The highest BCUT2D eigenvalue weighted by Crippen LogP contribution is 2.32. The lowest BCUT2D eigenvalue weighted by Crippen LogP contribution is -2.53. The van der Waals surface area contributed by atoms with Gasteiger partial charge in [0.05, 0.1) is 19.9 Å². The third-order valence-electron chi connectivity index (χ3n) is 6.02. The normalized spacial score (nSPS) is 13.5. The van der Waals surface area contributed by atoms with Gasteiger partial charge in [0, 0.05) is 50.9 Å². The lowest BCUT2D eigenvalue weighted by molar-refractivity contribution is -0.132. The molecule has 0 spiro atoms. The van der Waals surface area contributed by atoms with E-state index in [9.17, 15) is 9.59 Å². The standard InChI is InChI=1S/C26H38N6O4/c1-6-11-27-26(34)32(17-19(2)3)18-25(33)31-14-12-30(13-15-31)24-10-9-22(28-29-24)21-8-7-20(35-4)16-23(21)36-5/h7-10,16,19H,6,11-15,17-18H2,1-5H3,(H,27,34). The van der Waals surface area contributed by atoms with Crippen LogP contribution in [0.5, 0.6) is 11.5 Å². The first kappa shape index (κ1) is 27.0. The maximum Gasteiger partial charge on any atom is 0.317 e. The van der Waals surface area contributed by atoms with Crippen LogP contribution in [0.2, 0.25) is 0 Å². The van der Waals surface area contributed by atoms with E-state index in [1.54, 1.807) is 19.1 Å². The van der Waals surface area contributed by atoms with Crippen LogP contribution in [-0.2, 0) is 4.79 Å². The van der Waals surface area contributed by atoms with Gasteiger partial charge >= 0.3 is 6.03 Å². The summed E-state index contributed by atoms with van der Waals surface area (Å²) in [6.07, 6.45) is 0.856. The number of piperazine rings is 1. The Morgan fingerprint density at radius 1 is 1.06 bits per heavy atom. The number of urea groups is 1. The molecule has 2 aromatic rings. The minimum Gasteiger partial charge on any atom is -0.497 e. The lowest BCUT2D eigenvalue weighted by Gasteiger charge is -2.36. The molecule has 10 heteroatoms. The van der Waals surface area contributed by atoms with Crippen LogP contribution in [-0.4, -0.2) is 92.0 Å². The maximum absolute atomic E-state index is 13.0. The van der Waals surface area contributed by atoms with Gasteiger partial charge in [-0.2, -0.15) is 0 Å². The average molecular weight is 499 g/mol. The molecule has 0 saturated carbocycles. The molecule has 1 fully saturated rings. The second-order valence-corrected chi connectivity index (χ2v) is 9.22. The van der Waals surface area contributed by atoms with Crippen LogP contribution in [0.3, 0.4) is 0 Å². The van der Waals surface area contributed by atoms with Gasteiger partial charge in [0.1, 0.15) is 18.0 Å². The molecule has 1 aliphatic rings. The molecule has 0 atom stereocenters. The van der Waals surface area contributed by atoms with Crippen LogP contribution in [0.4, 0.5) is 10.6 Å². The predicted molar refractivity (Wildman–Crippen MR) is 139 cm³/mol. The van der Waals surface area contributed by atoms with Crippen molar-refractivity contribution in [3.05, 3.63) is 30.3 Å². The monoisotopic (exact) mass is 498 g/mol. The fourth-order valence-electron chi connectivity index (χ4n) is 4.10. The van der Waals surface area contributed by atoms with Gasteiger partial charge in [-0.05, 0) is 36.6 Å². The van der Waals surface area contributed by atoms with Gasteiger partial charge in [0.15, 0.2) is 5.82 Å². The van der Waals surface area contributed by atoms with Crippen molar-refractivity contribution in [2.75, 3.05) is 64.9 Å². The fourth-order valence-corrected chi connectivity index (χ4v) is 4.10. The maximum atomic E-state index is 13.0. The number of hydrogen-bond acceptors (Lipinski definition) is 7. The van der Waals surface area contributed by atoms with E-state index >= 15 is 0 Å². The first-order chi connectivity index (χ1) is 17.4. The summed E-state index contributed by atoms with van der Waals surface area (Å²) < 4.78 is 10.7. The van der Waals surface area contributed by atoms with E-state index in [-0.39, 0.29) is 24.4 Å². The summed E-state index contributed by atoms with van der Waals surface area (Å²) in [6, 6.07) is 9.25. The van der Waals surface area contributed by atoms with Crippen molar-refractivity contribution in [1.29, 1.82) is 0 Å². The highest BCUT2D eigenvalue weighted by Gasteiger charge is 2.26. The highest BCUT2D eigenvalue weighted by molar-refractivity contribution is 5.84. The number of carbonyl (C=O) groups excluding carboxylic acids is 2. The minimum absolute atomic E-state index is 0.0324. The number of aromatic nitrogens is 2. The van der Waals surface area contributed by atoms with E-state index in [1.165, 1.54) is 0 Å². The predicted octanol–water partition coefficient (Wildman–Crippen LogP) is 2.89. The first-order valence-electron chi connectivity index (χ1n) is 12.5. The van der Waals surface area contributed by atoms with Crippen molar-refractivity contribution < 1.29 is 19.1 Å². The zero-order chi connectivity index (χ0) is 26.1. The van der Waals surface area contributed by atoms with Gasteiger partial charge in [0.2, 0.25) is 5.91 Å². The number of amides is 3. The molecule has 1 aromatic carbocycles. The Hall–Kier alpha value is -3.56. The van der Waals surface area contributed by atoms with E-state index in [1.807, 2.05) is 56.0 Å². The molecule has 0 radical (unpaired) electrons. The number of benzene rings is 1. The largest absolute Gasteiger partial charge is 0.497 e. The first-order valence-corrected chi connectivity index (χ1v) is 12.5. The number of rotatable bonds is 10. The summed E-state index contributed by atoms with van der Waals surface area (Å²) in [5, 5.41) is 11.7. The second-order valence-electron chi connectivity index (χ2n) is 9.22. The summed E-state index contributed by atoms with van der Waals surface area (Å²) in [5.41, 5.74) is 1.54.